The maximum atomic E-state index is 12.1. The minimum Gasteiger partial charge on any atom is -0.332 e. The van der Waals surface area contributed by atoms with Crippen molar-refractivity contribution >= 4 is 0 Å². The van der Waals surface area contributed by atoms with Crippen molar-refractivity contribution in [3.8, 4) is 0 Å². The van der Waals surface area contributed by atoms with Gasteiger partial charge in [0.05, 0.1) is 12.2 Å². The Hall–Kier alpha value is -0.860. The molecule has 74 valence electrons. The van der Waals surface area contributed by atoms with Crippen molar-refractivity contribution in [2.75, 3.05) is 6.67 Å². The summed E-state index contributed by atoms with van der Waals surface area (Å²) in [5, 5.41) is 0. The monoisotopic (exact) mass is 184 g/mol. The van der Waals surface area contributed by atoms with Crippen LogP contribution in [0.25, 0.3) is 0 Å². The van der Waals surface area contributed by atoms with Gasteiger partial charge in [-0.3, -0.25) is 0 Å². The first-order valence-corrected chi connectivity index (χ1v) is 4.55. The van der Waals surface area contributed by atoms with Gasteiger partial charge in [-0.25, -0.2) is 9.37 Å². The Labute approximate surface area is 78.8 Å². The van der Waals surface area contributed by atoms with Gasteiger partial charge in [0.15, 0.2) is 0 Å². The van der Waals surface area contributed by atoms with Crippen LogP contribution in [-0.2, 0) is 12.0 Å². The third-order valence-electron chi connectivity index (χ3n) is 2.07. The summed E-state index contributed by atoms with van der Waals surface area (Å²) < 4.78 is 14.0. The first-order chi connectivity index (χ1) is 5.95. The van der Waals surface area contributed by atoms with Crippen LogP contribution in [0.2, 0.25) is 0 Å². The molecule has 0 radical (unpaired) electrons. The van der Waals surface area contributed by atoms with Crippen LogP contribution in [0.5, 0.6) is 0 Å². The molecular formula is C10H17FN2. The fraction of sp³-hybridized carbons (Fsp3) is 0.700. The zero-order valence-corrected chi connectivity index (χ0v) is 8.76. The van der Waals surface area contributed by atoms with E-state index in [2.05, 4.69) is 25.8 Å². The Morgan fingerprint density at radius 2 is 2.08 bits per heavy atom. The van der Waals surface area contributed by atoms with Crippen molar-refractivity contribution in [3.05, 3.63) is 17.7 Å². The molecule has 0 spiro atoms. The Morgan fingerprint density at radius 3 is 2.46 bits per heavy atom. The van der Waals surface area contributed by atoms with Gasteiger partial charge in [-0.2, -0.15) is 0 Å². The molecule has 0 saturated heterocycles. The molecule has 0 N–H and O–H groups in total. The molecule has 0 aliphatic carbocycles. The van der Waals surface area contributed by atoms with Gasteiger partial charge in [-0.05, 0) is 6.92 Å². The third-order valence-corrected chi connectivity index (χ3v) is 2.07. The molecule has 2 nitrogen and oxygen atoms in total. The van der Waals surface area contributed by atoms with E-state index in [-0.39, 0.29) is 12.1 Å². The van der Waals surface area contributed by atoms with Crippen LogP contribution in [0.1, 0.15) is 32.3 Å². The van der Waals surface area contributed by atoms with Crippen molar-refractivity contribution in [2.24, 2.45) is 0 Å². The Morgan fingerprint density at radius 1 is 1.46 bits per heavy atom. The minimum atomic E-state index is -0.333. The maximum absolute atomic E-state index is 12.1. The molecule has 0 unspecified atom stereocenters. The average molecular weight is 184 g/mol. The SMILES string of the molecule is Cc1nc(C(C)(C)C)cn1CCF. The van der Waals surface area contributed by atoms with Crippen LogP contribution >= 0.6 is 0 Å². The molecule has 0 amide bonds. The van der Waals surface area contributed by atoms with E-state index >= 15 is 0 Å². The van der Waals surface area contributed by atoms with Crippen molar-refractivity contribution in [1.29, 1.82) is 0 Å². The molecule has 0 aromatic carbocycles. The lowest BCUT2D eigenvalue weighted by atomic mass is 9.93. The quantitative estimate of drug-likeness (QED) is 0.690. The number of rotatable bonds is 2. The van der Waals surface area contributed by atoms with E-state index < -0.39 is 0 Å². The van der Waals surface area contributed by atoms with Gasteiger partial charge < -0.3 is 4.57 Å². The van der Waals surface area contributed by atoms with E-state index in [1.165, 1.54) is 0 Å². The molecule has 1 aromatic heterocycles. The zero-order valence-electron chi connectivity index (χ0n) is 8.76. The fourth-order valence-corrected chi connectivity index (χ4v) is 1.19. The van der Waals surface area contributed by atoms with Crippen LogP contribution in [0.15, 0.2) is 6.20 Å². The highest BCUT2D eigenvalue weighted by molar-refractivity contribution is 5.12. The lowest BCUT2D eigenvalue weighted by Gasteiger charge is -2.14. The molecule has 0 saturated carbocycles. The van der Waals surface area contributed by atoms with E-state index in [1.54, 1.807) is 0 Å². The molecule has 0 aliphatic heterocycles. The highest BCUT2D eigenvalue weighted by Crippen LogP contribution is 2.20. The molecule has 0 fully saturated rings. The third kappa shape index (κ3) is 2.29. The number of hydrogen-bond donors (Lipinski definition) is 0. The van der Waals surface area contributed by atoms with Crippen LogP contribution < -0.4 is 0 Å². The Kier molecular flexibility index (Phi) is 2.74. The van der Waals surface area contributed by atoms with E-state index in [0.717, 1.165) is 11.5 Å². The number of aryl methyl sites for hydroxylation is 2. The molecular weight excluding hydrogens is 167 g/mol. The summed E-state index contributed by atoms with van der Waals surface area (Å²) in [5.41, 5.74) is 1.07. The predicted molar refractivity (Wildman–Crippen MR) is 51.6 cm³/mol. The number of aromatic nitrogens is 2. The highest BCUT2D eigenvalue weighted by atomic mass is 19.1. The van der Waals surface area contributed by atoms with Gasteiger partial charge in [-0.15, -0.1) is 0 Å². The second kappa shape index (κ2) is 3.48. The zero-order chi connectivity index (χ0) is 10.1. The van der Waals surface area contributed by atoms with Gasteiger partial charge in [0, 0.05) is 11.6 Å². The Bertz CT molecular complexity index is 284. The lowest BCUT2D eigenvalue weighted by molar-refractivity contribution is 0.441. The smallest absolute Gasteiger partial charge is 0.107 e. The van der Waals surface area contributed by atoms with Gasteiger partial charge >= 0.3 is 0 Å². The average Bonchev–Trinajstić information content (AvgIpc) is 2.32. The minimum absolute atomic E-state index is 0.0479. The van der Waals surface area contributed by atoms with Crippen LogP contribution in [0.3, 0.4) is 0 Å². The molecule has 1 aromatic rings. The second-order valence-corrected chi connectivity index (χ2v) is 4.31. The van der Waals surface area contributed by atoms with Gasteiger partial charge in [0.1, 0.15) is 12.5 Å². The molecule has 0 aliphatic rings. The van der Waals surface area contributed by atoms with Crippen LogP contribution in [0, 0.1) is 6.92 Å². The van der Waals surface area contributed by atoms with Crippen molar-refractivity contribution in [1.82, 2.24) is 9.55 Å². The topological polar surface area (TPSA) is 17.8 Å². The van der Waals surface area contributed by atoms with E-state index in [4.69, 9.17) is 0 Å². The first-order valence-electron chi connectivity index (χ1n) is 4.55. The maximum Gasteiger partial charge on any atom is 0.107 e. The number of nitrogens with zero attached hydrogens (tertiary/aromatic N) is 2. The fourth-order valence-electron chi connectivity index (χ4n) is 1.19. The molecule has 0 atom stereocenters. The van der Waals surface area contributed by atoms with Gasteiger partial charge in [-0.1, -0.05) is 20.8 Å². The highest BCUT2D eigenvalue weighted by Gasteiger charge is 2.17. The number of halogens is 1. The largest absolute Gasteiger partial charge is 0.332 e. The van der Waals surface area contributed by atoms with Gasteiger partial charge in [0.2, 0.25) is 0 Å². The van der Waals surface area contributed by atoms with E-state index in [1.807, 2.05) is 17.7 Å². The standard InChI is InChI=1S/C10H17FN2/c1-8-12-9(10(2,3)4)7-13(8)6-5-11/h7H,5-6H2,1-4H3. The second-order valence-electron chi connectivity index (χ2n) is 4.31. The summed E-state index contributed by atoms with van der Waals surface area (Å²) in [5.74, 6) is 0.891. The van der Waals surface area contributed by atoms with E-state index in [9.17, 15) is 4.39 Å². The Balaban J connectivity index is 2.95. The van der Waals surface area contributed by atoms with Crippen molar-refractivity contribution in [2.45, 2.75) is 39.7 Å². The summed E-state index contributed by atoms with van der Waals surface area (Å²) in [6, 6.07) is 0. The van der Waals surface area contributed by atoms with Gasteiger partial charge in [0.25, 0.3) is 0 Å². The lowest BCUT2D eigenvalue weighted by Crippen LogP contribution is -2.11. The number of alkyl halides is 1. The molecule has 1 heterocycles. The van der Waals surface area contributed by atoms with Crippen molar-refractivity contribution < 1.29 is 4.39 Å². The molecule has 13 heavy (non-hydrogen) atoms. The first kappa shape index (κ1) is 10.2. The summed E-state index contributed by atoms with van der Waals surface area (Å²) in [6.07, 6.45) is 1.94. The van der Waals surface area contributed by atoms with Crippen LogP contribution in [-0.4, -0.2) is 16.2 Å². The number of imidazole rings is 1. The molecule has 0 bridgehead atoms. The normalized spacial score (nSPS) is 12.1. The van der Waals surface area contributed by atoms with E-state index in [0.29, 0.717) is 6.54 Å². The van der Waals surface area contributed by atoms with Crippen molar-refractivity contribution in [3.63, 3.8) is 0 Å². The summed E-state index contributed by atoms with van der Waals surface area (Å²) in [4.78, 5) is 4.40. The molecule has 3 heteroatoms. The van der Waals surface area contributed by atoms with Crippen LogP contribution in [0.4, 0.5) is 4.39 Å². The molecule has 1 rings (SSSR count). The summed E-state index contributed by atoms with van der Waals surface area (Å²) in [6.45, 7) is 8.30. The predicted octanol–water partition coefficient (Wildman–Crippen LogP) is 2.46. The summed E-state index contributed by atoms with van der Waals surface area (Å²) >= 11 is 0. The number of hydrogen-bond acceptors (Lipinski definition) is 1. The summed E-state index contributed by atoms with van der Waals surface area (Å²) in [7, 11) is 0.